The maximum atomic E-state index is 12.4. The molecule has 0 atom stereocenters. The molecule has 1 aliphatic heterocycles. The van der Waals surface area contributed by atoms with Crippen LogP contribution in [0.4, 0.5) is 0 Å². The van der Waals surface area contributed by atoms with Crippen molar-refractivity contribution in [2.75, 3.05) is 13.1 Å². The van der Waals surface area contributed by atoms with Gasteiger partial charge in [-0.1, -0.05) is 19.1 Å². The zero-order valence-corrected chi connectivity index (χ0v) is 12.5. The fourth-order valence-electron chi connectivity index (χ4n) is 2.52. The van der Waals surface area contributed by atoms with E-state index in [1.807, 2.05) is 36.1 Å². The molecule has 2 amide bonds. The predicted molar refractivity (Wildman–Crippen MR) is 81.7 cm³/mol. The number of piperidine rings is 1. The number of hydrogen-bond donors (Lipinski definition) is 2. The van der Waals surface area contributed by atoms with E-state index in [2.05, 4.69) is 5.32 Å². The number of carbonyl (C=O) groups excluding carboxylic acids is 2. The first kappa shape index (κ1) is 15.5. The Kier molecular flexibility index (Phi) is 5.33. The minimum atomic E-state index is 0.0545. The van der Waals surface area contributed by atoms with Crippen molar-refractivity contribution in [3.8, 4) is 0 Å². The molecule has 0 spiro atoms. The van der Waals surface area contributed by atoms with Crippen LogP contribution in [0.2, 0.25) is 0 Å². The average molecular weight is 289 g/mol. The quantitative estimate of drug-likeness (QED) is 0.876. The van der Waals surface area contributed by atoms with E-state index in [9.17, 15) is 9.59 Å². The highest BCUT2D eigenvalue weighted by atomic mass is 16.2. The van der Waals surface area contributed by atoms with Gasteiger partial charge in [-0.05, 0) is 30.5 Å². The molecule has 1 heterocycles. The topological polar surface area (TPSA) is 75.4 Å². The fraction of sp³-hybridized carbons (Fsp3) is 0.500. The molecule has 0 aliphatic carbocycles. The van der Waals surface area contributed by atoms with Gasteiger partial charge in [-0.2, -0.15) is 0 Å². The van der Waals surface area contributed by atoms with E-state index >= 15 is 0 Å². The van der Waals surface area contributed by atoms with E-state index in [1.165, 1.54) is 0 Å². The van der Waals surface area contributed by atoms with Gasteiger partial charge in [0.15, 0.2) is 0 Å². The zero-order chi connectivity index (χ0) is 15.2. The lowest BCUT2D eigenvalue weighted by atomic mass is 10.0. The molecule has 1 saturated heterocycles. The standard InChI is InChI=1S/C16H23N3O2/c1-2-15(20)18-14-7-9-19(10-8-14)16(21)13-5-3-12(11-17)4-6-13/h3-6,14H,2,7-11,17H2,1H3,(H,18,20). The highest BCUT2D eigenvalue weighted by Gasteiger charge is 2.24. The van der Waals surface area contributed by atoms with Gasteiger partial charge < -0.3 is 16.0 Å². The number of nitrogens with two attached hydrogens (primary N) is 1. The van der Waals surface area contributed by atoms with Crippen LogP contribution in [0.15, 0.2) is 24.3 Å². The van der Waals surface area contributed by atoms with Crippen LogP contribution in [0, 0.1) is 0 Å². The molecule has 0 saturated carbocycles. The van der Waals surface area contributed by atoms with E-state index in [1.54, 1.807) is 0 Å². The Hall–Kier alpha value is -1.88. The highest BCUT2D eigenvalue weighted by molar-refractivity contribution is 5.94. The van der Waals surface area contributed by atoms with Gasteiger partial charge in [-0.15, -0.1) is 0 Å². The fourth-order valence-corrected chi connectivity index (χ4v) is 2.52. The molecule has 1 aliphatic rings. The summed E-state index contributed by atoms with van der Waals surface area (Å²) in [6.07, 6.45) is 2.14. The molecular weight excluding hydrogens is 266 g/mol. The number of amides is 2. The van der Waals surface area contributed by atoms with Crippen LogP contribution in [0.5, 0.6) is 0 Å². The lowest BCUT2D eigenvalue weighted by Gasteiger charge is -2.32. The molecule has 21 heavy (non-hydrogen) atoms. The van der Waals surface area contributed by atoms with Crippen LogP contribution in [0.25, 0.3) is 0 Å². The molecule has 3 N–H and O–H groups in total. The summed E-state index contributed by atoms with van der Waals surface area (Å²) >= 11 is 0. The number of carbonyl (C=O) groups is 2. The molecule has 1 aromatic rings. The van der Waals surface area contributed by atoms with E-state index < -0.39 is 0 Å². The number of nitrogens with one attached hydrogen (secondary N) is 1. The average Bonchev–Trinajstić information content (AvgIpc) is 2.55. The second-order valence-corrected chi connectivity index (χ2v) is 5.39. The van der Waals surface area contributed by atoms with Crippen molar-refractivity contribution in [1.82, 2.24) is 10.2 Å². The van der Waals surface area contributed by atoms with Gasteiger partial charge in [-0.25, -0.2) is 0 Å². The minimum absolute atomic E-state index is 0.0545. The van der Waals surface area contributed by atoms with Gasteiger partial charge >= 0.3 is 0 Å². The maximum Gasteiger partial charge on any atom is 0.253 e. The molecule has 0 unspecified atom stereocenters. The van der Waals surface area contributed by atoms with Gasteiger partial charge in [0.2, 0.25) is 5.91 Å². The number of nitrogens with zero attached hydrogens (tertiary/aromatic N) is 1. The Morgan fingerprint density at radius 2 is 1.86 bits per heavy atom. The smallest absolute Gasteiger partial charge is 0.253 e. The Morgan fingerprint density at radius 3 is 2.38 bits per heavy atom. The first-order valence-electron chi connectivity index (χ1n) is 7.51. The second kappa shape index (κ2) is 7.22. The second-order valence-electron chi connectivity index (χ2n) is 5.39. The van der Waals surface area contributed by atoms with Crippen molar-refractivity contribution in [2.45, 2.75) is 38.8 Å². The summed E-state index contributed by atoms with van der Waals surface area (Å²) in [7, 11) is 0. The van der Waals surface area contributed by atoms with Crippen LogP contribution in [0.1, 0.15) is 42.1 Å². The molecule has 2 rings (SSSR count). The van der Waals surface area contributed by atoms with Gasteiger partial charge in [0.05, 0.1) is 0 Å². The van der Waals surface area contributed by atoms with Gasteiger partial charge in [0.25, 0.3) is 5.91 Å². The predicted octanol–water partition coefficient (Wildman–Crippen LogP) is 1.28. The van der Waals surface area contributed by atoms with Crippen LogP contribution in [0.3, 0.4) is 0 Å². The summed E-state index contributed by atoms with van der Waals surface area (Å²) in [4.78, 5) is 25.6. The number of likely N-dealkylation sites (tertiary alicyclic amines) is 1. The van der Waals surface area contributed by atoms with Crippen molar-refractivity contribution in [1.29, 1.82) is 0 Å². The Balaban J connectivity index is 1.89. The summed E-state index contributed by atoms with van der Waals surface area (Å²) in [6.45, 7) is 3.70. The van der Waals surface area contributed by atoms with Gasteiger partial charge in [-0.3, -0.25) is 9.59 Å². The van der Waals surface area contributed by atoms with Crippen LogP contribution in [-0.4, -0.2) is 35.8 Å². The number of hydrogen-bond acceptors (Lipinski definition) is 3. The molecule has 0 radical (unpaired) electrons. The Morgan fingerprint density at radius 1 is 1.24 bits per heavy atom. The minimum Gasteiger partial charge on any atom is -0.353 e. The first-order valence-corrected chi connectivity index (χ1v) is 7.51. The summed E-state index contributed by atoms with van der Waals surface area (Å²) in [5, 5.41) is 2.99. The van der Waals surface area contributed by atoms with Crippen molar-refractivity contribution >= 4 is 11.8 Å². The normalized spacial score (nSPS) is 15.8. The summed E-state index contributed by atoms with van der Waals surface area (Å²) in [6, 6.07) is 7.63. The van der Waals surface area contributed by atoms with Crippen molar-refractivity contribution in [3.05, 3.63) is 35.4 Å². The van der Waals surface area contributed by atoms with Crippen molar-refractivity contribution < 1.29 is 9.59 Å². The Labute approximate surface area is 125 Å². The van der Waals surface area contributed by atoms with Crippen LogP contribution >= 0.6 is 0 Å². The van der Waals surface area contributed by atoms with E-state index in [0.29, 0.717) is 31.6 Å². The number of benzene rings is 1. The maximum absolute atomic E-state index is 12.4. The van der Waals surface area contributed by atoms with E-state index in [4.69, 9.17) is 5.73 Å². The van der Waals surface area contributed by atoms with E-state index in [-0.39, 0.29) is 17.9 Å². The molecule has 5 heteroatoms. The summed E-state index contributed by atoms with van der Waals surface area (Å²) < 4.78 is 0. The molecule has 0 bridgehead atoms. The molecule has 1 fully saturated rings. The summed E-state index contributed by atoms with van der Waals surface area (Å²) in [5.74, 6) is 0.135. The first-order chi connectivity index (χ1) is 10.1. The molecule has 5 nitrogen and oxygen atoms in total. The number of rotatable bonds is 4. The van der Waals surface area contributed by atoms with Gasteiger partial charge in [0.1, 0.15) is 0 Å². The van der Waals surface area contributed by atoms with Crippen molar-refractivity contribution in [3.63, 3.8) is 0 Å². The molecule has 114 valence electrons. The lowest BCUT2D eigenvalue weighted by Crippen LogP contribution is -2.46. The summed E-state index contributed by atoms with van der Waals surface area (Å²) in [5.41, 5.74) is 7.27. The monoisotopic (exact) mass is 289 g/mol. The third-order valence-electron chi connectivity index (χ3n) is 3.90. The van der Waals surface area contributed by atoms with Crippen molar-refractivity contribution in [2.24, 2.45) is 5.73 Å². The SMILES string of the molecule is CCC(=O)NC1CCN(C(=O)c2ccc(CN)cc2)CC1. The lowest BCUT2D eigenvalue weighted by molar-refractivity contribution is -0.121. The van der Waals surface area contributed by atoms with Gasteiger partial charge in [0, 0.05) is 37.7 Å². The highest BCUT2D eigenvalue weighted by Crippen LogP contribution is 2.14. The Bertz CT molecular complexity index is 491. The van der Waals surface area contributed by atoms with Crippen LogP contribution < -0.4 is 11.1 Å². The molecule has 0 aromatic heterocycles. The van der Waals surface area contributed by atoms with Crippen LogP contribution in [-0.2, 0) is 11.3 Å². The third-order valence-corrected chi connectivity index (χ3v) is 3.90. The largest absolute Gasteiger partial charge is 0.353 e. The molecular formula is C16H23N3O2. The van der Waals surface area contributed by atoms with E-state index in [0.717, 1.165) is 18.4 Å². The molecule has 1 aromatic carbocycles. The zero-order valence-electron chi connectivity index (χ0n) is 12.5. The third kappa shape index (κ3) is 4.04.